The number of piperidine rings is 1. The van der Waals surface area contributed by atoms with Crippen LogP contribution < -0.4 is 9.64 Å². The highest BCUT2D eigenvalue weighted by atomic mass is 35.5. The van der Waals surface area contributed by atoms with Crippen molar-refractivity contribution < 1.29 is 13.2 Å². The molecule has 7 nitrogen and oxygen atoms in total. The molecule has 1 aromatic carbocycles. The number of halogens is 2. The van der Waals surface area contributed by atoms with E-state index in [1.54, 1.807) is 6.33 Å². The van der Waals surface area contributed by atoms with E-state index < -0.39 is 12.8 Å². The third-order valence-corrected chi connectivity index (χ3v) is 6.45. The zero-order chi connectivity index (χ0) is 24.0. The van der Waals surface area contributed by atoms with Crippen LogP contribution in [0.2, 0.25) is 5.02 Å². The van der Waals surface area contributed by atoms with Gasteiger partial charge in [0.1, 0.15) is 23.7 Å². The molecule has 5 rings (SSSR count). The Morgan fingerprint density at radius 2 is 2.00 bits per heavy atom. The Balaban J connectivity index is 1.36. The van der Waals surface area contributed by atoms with Crippen LogP contribution in [-0.2, 0) is 13.4 Å². The SMILES string of the molecule is [2H]C([2H])([2H])n1nc(CC2[C@@H]3CC[C@H]2CN(c2cc(C)ncn2)C3)nc1Oc1cc(F)cc(Cl)c1. The molecule has 1 aliphatic heterocycles. The van der Waals surface area contributed by atoms with Crippen LogP contribution >= 0.6 is 11.6 Å². The van der Waals surface area contributed by atoms with Gasteiger partial charge in [0.25, 0.3) is 0 Å². The number of aromatic nitrogens is 5. The molecule has 0 spiro atoms. The summed E-state index contributed by atoms with van der Waals surface area (Å²) in [6.45, 7) is 1.12. The van der Waals surface area contributed by atoms with E-state index in [0.717, 1.165) is 54.3 Å². The quantitative estimate of drug-likeness (QED) is 0.586. The van der Waals surface area contributed by atoms with Crippen molar-refractivity contribution in [3.63, 3.8) is 0 Å². The normalized spacial score (nSPS) is 24.5. The lowest BCUT2D eigenvalue weighted by atomic mass is 9.82. The number of ether oxygens (including phenoxy) is 1. The molecule has 1 saturated heterocycles. The van der Waals surface area contributed by atoms with E-state index >= 15 is 0 Å². The Morgan fingerprint density at radius 3 is 2.71 bits per heavy atom. The third kappa shape index (κ3) is 4.21. The van der Waals surface area contributed by atoms with Crippen LogP contribution in [0.25, 0.3) is 0 Å². The molecule has 0 N–H and O–H groups in total. The minimum absolute atomic E-state index is 0.0583. The number of fused-ring (bicyclic) bond motifs is 2. The van der Waals surface area contributed by atoms with Crippen molar-refractivity contribution in [1.82, 2.24) is 24.7 Å². The summed E-state index contributed by atoms with van der Waals surface area (Å²) < 4.78 is 43.6. The first-order valence-corrected chi connectivity index (χ1v) is 10.7. The maximum atomic E-state index is 13.7. The maximum Gasteiger partial charge on any atom is 0.320 e. The molecule has 1 aliphatic carbocycles. The fourth-order valence-corrected chi connectivity index (χ4v) is 5.08. The van der Waals surface area contributed by atoms with Gasteiger partial charge in [-0.3, -0.25) is 0 Å². The molecule has 3 aromatic rings. The Bertz CT molecular complexity index is 1170. The lowest BCUT2D eigenvalue weighted by Gasteiger charge is -2.38. The summed E-state index contributed by atoms with van der Waals surface area (Å²) in [5.41, 5.74) is 0.936. The first kappa shape index (κ1) is 16.9. The molecule has 31 heavy (non-hydrogen) atoms. The van der Waals surface area contributed by atoms with Crippen LogP contribution in [0.3, 0.4) is 0 Å². The van der Waals surface area contributed by atoms with Gasteiger partial charge in [0, 0.05) is 53.4 Å². The Morgan fingerprint density at radius 1 is 1.19 bits per heavy atom. The van der Waals surface area contributed by atoms with E-state index in [-0.39, 0.29) is 16.8 Å². The summed E-state index contributed by atoms with van der Waals surface area (Å²) in [7, 11) is 0. The van der Waals surface area contributed by atoms with Crippen LogP contribution in [0.1, 0.15) is 28.5 Å². The lowest BCUT2D eigenvalue weighted by Crippen LogP contribution is -2.43. The van der Waals surface area contributed by atoms with Gasteiger partial charge in [0.2, 0.25) is 0 Å². The number of rotatable bonds is 5. The number of hydrogen-bond donors (Lipinski definition) is 0. The monoisotopic (exact) mass is 445 g/mol. The highest BCUT2D eigenvalue weighted by molar-refractivity contribution is 6.30. The second-order valence-electron chi connectivity index (χ2n) is 8.32. The molecule has 3 atom stereocenters. The van der Waals surface area contributed by atoms with Gasteiger partial charge >= 0.3 is 6.01 Å². The summed E-state index contributed by atoms with van der Waals surface area (Å²) in [6.07, 6.45) is 4.34. The fraction of sp³-hybridized carbons (Fsp3) is 0.455. The van der Waals surface area contributed by atoms with E-state index in [4.69, 9.17) is 20.5 Å². The van der Waals surface area contributed by atoms with Gasteiger partial charge < -0.3 is 9.64 Å². The van der Waals surface area contributed by atoms with Gasteiger partial charge in [-0.15, -0.1) is 0 Å². The van der Waals surface area contributed by atoms with Crippen LogP contribution in [0.5, 0.6) is 11.8 Å². The van der Waals surface area contributed by atoms with E-state index in [0.29, 0.717) is 30.0 Å². The molecule has 1 unspecified atom stereocenters. The zero-order valence-electron chi connectivity index (χ0n) is 20.0. The minimum Gasteiger partial charge on any atom is -0.424 e. The second-order valence-corrected chi connectivity index (χ2v) is 8.75. The first-order valence-electron chi connectivity index (χ1n) is 11.8. The Hall–Kier alpha value is -2.74. The van der Waals surface area contributed by atoms with E-state index in [9.17, 15) is 4.39 Å². The van der Waals surface area contributed by atoms with Crippen molar-refractivity contribution in [1.29, 1.82) is 0 Å². The standard InChI is InChI=1S/C22H24ClFN6O/c1-13-5-21(26-12-25-13)30-10-14-3-4-15(11-30)19(14)9-20-27-22(29(2)28-20)31-18-7-16(23)6-17(24)8-18/h5-8,12,14-15,19H,3-4,9-11H2,1-2H3/t14-,15+,19?/i2D3. The largest absolute Gasteiger partial charge is 0.424 e. The van der Waals surface area contributed by atoms with Crippen molar-refractivity contribution in [2.45, 2.75) is 26.2 Å². The molecule has 2 aliphatic rings. The van der Waals surface area contributed by atoms with E-state index in [2.05, 4.69) is 25.0 Å². The van der Waals surface area contributed by atoms with Crippen LogP contribution in [-0.4, -0.2) is 37.8 Å². The van der Waals surface area contributed by atoms with Crippen molar-refractivity contribution >= 4 is 17.4 Å². The van der Waals surface area contributed by atoms with Crippen molar-refractivity contribution in [3.8, 4) is 11.8 Å². The fourth-order valence-electron chi connectivity index (χ4n) is 4.86. The number of benzene rings is 1. The van der Waals surface area contributed by atoms with E-state index in [1.165, 1.54) is 6.07 Å². The average molecular weight is 446 g/mol. The van der Waals surface area contributed by atoms with Crippen LogP contribution in [0.15, 0.2) is 30.6 Å². The Labute approximate surface area is 189 Å². The van der Waals surface area contributed by atoms with Gasteiger partial charge in [-0.25, -0.2) is 19.0 Å². The molecule has 0 amide bonds. The molecule has 2 aromatic heterocycles. The van der Waals surface area contributed by atoms with Gasteiger partial charge in [0.15, 0.2) is 5.82 Å². The lowest BCUT2D eigenvalue weighted by molar-refractivity contribution is 0.264. The molecule has 0 radical (unpaired) electrons. The topological polar surface area (TPSA) is 69.0 Å². The molecule has 1 saturated carbocycles. The molecule has 2 fully saturated rings. The predicted octanol–water partition coefficient (Wildman–Crippen LogP) is 4.20. The number of hydrogen-bond acceptors (Lipinski definition) is 6. The molecule has 2 bridgehead atoms. The third-order valence-electron chi connectivity index (χ3n) is 6.23. The summed E-state index contributed by atoms with van der Waals surface area (Å²) in [5, 5.41) is 4.40. The summed E-state index contributed by atoms with van der Waals surface area (Å²) >= 11 is 5.90. The molecule has 162 valence electrons. The van der Waals surface area contributed by atoms with Crippen molar-refractivity contribution in [2.24, 2.45) is 24.7 Å². The van der Waals surface area contributed by atoms with Gasteiger partial charge in [-0.1, -0.05) is 11.6 Å². The smallest absolute Gasteiger partial charge is 0.320 e. The van der Waals surface area contributed by atoms with E-state index in [1.807, 2.05) is 13.0 Å². The number of anilines is 1. The van der Waals surface area contributed by atoms with Gasteiger partial charge in [-0.2, -0.15) is 10.1 Å². The zero-order valence-corrected chi connectivity index (χ0v) is 17.8. The first-order chi connectivity index (χ1) is 16.2. The highest BCUT2D eigenvalue weighted by Crippen LogP contribution is 2.44. The average Bonchev–Trinajstić information content (AvgIpc) is 3.23. The predicted molar refractivity (Wildman–Crippen MR) is 115 cm³/mol. The summed E-state index contributed by atoms with van der Waals surface area (Å²) in [5.74, 6) is 2.01. The van der Waals surface area contributed by atoms with Gasteiger partial charge in [0.05, 0.1) is 0 Å². The second kappa shape index (κ2) is 8.07. The number of aryl methyl sites for hydroxylation is 2. The van der Waals surface area contributed by atoms with Crippen LogP contribution in [0.4, 0.5) is 10.2 Å². The summed E-state index contributed by atoms with van der Waals surface area (Å²) in [4.78, 5) is 15.3. The van der Waals surface area contributed by atoms with Crippen LogP contribution in [0, 0.1) is 30.5 Å². The maximum absolute atomic E-state index is 13.7. The molecule has 9 heteroatoms. The minimum atomic E-state index is -2.59. The van der Waals surface area contributed by atoms with Gasteiger partial charge in [-0.05, 0) is 49.7 Å². The van der Waals surface area contributed by atoms with Crippen molar-refractivity contribution in [2.75, 3.05) is 18.0 Å². The van der Waals surface area contributed by atoms with Crippen molar-refractivity contribution in [3.05, 3.63) is 53.0 Å². The number of nitrogens with zero attached hydrogens (tertiary/aromatic N) is 6. The molecule has 3 heterocycles. The molecular weight excluding hydrogens is 419 g/mol. The molecular formula is C22H24ClFN6O. The highest BCUT2D eigenvalue weighted by Gasteiger charge is 2.42. The Kier molecular flexibility index (Phi) is 4.40. The summed E-state index contributed by atoms with van der Waals surface area (Å²) in [6, 6.07) is 5.45.